The Balaban J connectivity index is 0.00000320. The van der Waals surface area contributed by atoms with Crippen LogP contribution in [0.1, 0.15) is 43.7 Å². The summed E-state index contributed by atoms with van der Waals surface area (Å²) in [6.45, 7) is 9.46. The number of carboxylic acid groups (broad SMARTS) is 1. The highest BCUT2D eigenvalue weighted by Crippen LogP contribution is 2.37. The second kappa shape index (κ2) is 8.66. The highest BCUT2D eigenvalue weighted by molar-refractivity contribution is 7.59. The minimum absolute atomic E-state index is 0. The first-order chi connectivity index (χ1) is 13.5. The highest BCUT2D eigenvalue weighted by atomic mass is 32.1. The van der Waals surface area contributed by atoms with Gasteiger partial charge in [0.05, 0.1) is 11.3 Å². The van der Waals surface area contributed by atoms with Crippen molar-refractivity contribution in [1.29, 1.82) is 0 Å². The normalized spacial score (nSPS) is 12.5. The van der Waals surface area contributed by atoms with Gasteiger partial charge >= 0.3 is 5.97 Å². The van der Waals surface area contributed by atoms with E-state index in [1.54, 1.807) is 33.9 Å². The highest BCUT2D eigenvalue weighted by Gasteiger charge is 2.32. The Morgan fingerprint density at radius 1 is 1.03 bits per heavy atom. The van der Waals surface area contributed by atoms with Gasteiger partial charge in [-0.15, -0.1) is 0 Å². The van der Waals surface area contributed by atoms with Crippen LogP contribution < -0.4 is 5.56 Å². The van der Waals surface area contributed by atoms with Crippen molar-refractivity contribution in [2.45, 2.75) is 46.3 Å². The lowest BCUT2D eigenvalue weighted by atomic mass is 9.92. The molecule has 1 unspecified atom stereocenters. The van der Waals surface area contributed by atoms with Gasteiger partial charge in [0.1, 0.15) is 0 Å². The van der Waals surface area contributed by atoms with E-state index in [0.717, 1.165) is 22.1 Å². The molecule has 0 aliphatic heterocycles. The van der Waals surface area contributed by atoms with Crippen molar-refractivity contribution in [2.75, 3.05) is 0 Å². The fraction of sp³-hybridized carbons (Fsp3) is 0.333. The van der Waals surface area contributed by atoms with Gasteiger partial charge in [-0.3, -0.25) is 4.79 Å². The third-order valence-corrected chi connectivity index (χ3v) is 5.09. The molecule has 6 heteroatoms. The van der Waals surface area contributed by atoms with E-state index in [-0.39, 0.29) is 19.1 Å². The van der Waals surface area contributed by atoms with Crippen LogP contribution in [0.3, 0.4) is 0 Å². The number of aromatic nitrogens is 1. The van der Waals surface area contributed by atoms with Gasteiger partial charge in [0.25, 0.3) is 5.56 Å². The quantitative estimate of drug-likeness (QED) is 0.645. The number of hydrogen-bond donors (Lipinski definition) is 1. The van der Waals surface area contributed by atoms with Crippen LogP contribution >= 0.6 is 13.5 Å². The Labute approximate surface area is 183 Å². The fourth-order valence-corrected chi connectivity index (χ4v) is 3.57. The van der Waals surface area contributed by atoms with Gasteiger partial charge in [-0.1, -0.05) is 36.4 Å². The summed E-state index contributed by atoms with van der Waals surface area (Å²) in [5.41, 5.74) is 3.21. The summed E-state index contributed by atoms with van der Waals surface area (Å²) in [4.78, 5) is 25.3. The number of pyridine rings is 1. The van der Waals surface area contributed by atoms with Gasteiger partial charge in [-0.2, -0.15) is 13.5 Å². The van der Waals surface area contributed by atoms with E-state index in [4.69, 9.17) is 4.74 Å². The summed E-state index contributed by atoms with van der Waals surface area (Å²) in [7, 11) is 1.61. The van der Waals surface area contributed by atoms with Crippen LogP contribution in [0.4, 0.5) is 0 Å². The van der Waals surface area contributed by atoms with E-state index >= 15 is 0 Å². The Morgan fingerprint density at radius 2 is 1.63 bits per heavy atom. The van der Waals surface area contributed by atoms with Crippen molar-refractivity contribution >= 4 is 30.2 Å². The Morgan fingerprint density at radius 3 is 2.17 bits per heavy atom. The van der Waals surface area contributed by atoms with Crippen LogP contribution in [0.25, 0.3) is 21.9 Å². The topological polar surface area (TPSA) is 68.5 Å². The van der Waals surface area contributed by atoms with Gasteiger partial charge in [0, 0.05) is 18.0 Å². The molecule has 1 N–H and O–H groups in total. The molecule has 0 saturated heterocycles. The Bertz CT molecular complexity index is 1160. The molecule has 0 aliphatic carbocycles. The first-order valence-corrected chi connectivity index (χ1v) is 9.61. The zero-order chi connectivity index (χ0) is 21.5. The van der Waals surface area contributed by atoms with Crippen molar-refractivity contribution in [3.05, 3.63) is 69.6 Å². The van der Waals surface area contributed by atoms with Crippen LogP contribution in [-0.4, -0.2) is 21.2 Å². The smallest absolute Gasteiger partial charge is 0.339 e. The third kappa shape index (κ3) is 4.45. The molecule has 0 radical (unpaired) electrons. The molecule has 1 heterocycles. The molecule has 3 rings (SSSR count). The molecule has 3 aromatic rings. The number of carbonyl (C=O) groups is 1. The van der Waals surface area contributed by atoms with Crippen LogP contribution in [0.5, 0.6) is 0 Å². The molecule has 0 amide bonds. The number of rotatable bonds is 4. The van der Waals surface area contributed by atoms with Gasteiger partial charge in [-0.05, 0) is 62.8 Å². The largest absolute Gasteiger partial charge is 0.479 e. The van der Waals surface area contributed by atoms with E-state index in [1.165, 1.54) is 4.57 Å². The lowest BCUT2D eigenvalue weighted by molar-refractivity contribution is -0.161. The lowest BCUT2D eigenvalue weighted by Crippen LogP contribution is -2.32. The average molecular weight is 428 g/mol. The van der Waals surface area contributed by atoms with Crippen LogP contribution in [0.2, 0.25) is 0 Å². The molecule has 0 saturated carbocycles. The van der Waals surface area contributed by atoms with Gasteiger partial charge in [0.15, 0.2) is 6.10 Å². The minimum Gasteiger partial charge on any atom is -0.479 e. The third-order valence-electron chi connectivity index (χ3n) is 5.09. The van der Waals surface area contributed by atoms with Crippen molar-refractivity contribution in [2.24, 2.45) is 7.05 Å². The lowest BCUT2D eigenvalue weighted by Gasteiger charge is -2.28. The molecule has 30 heavy (non-hydrogen) atoms. The Kier molecular flexibility index (Phi) is 6.84. The standard InChI is InChI=1S/C24H27NO4.H2S/c1-14-11-12-16(13-15(14)2)19-17-9-7-8-10-18(17)22(26)25(6)20(19)21(23(27)28)29-24(3,4)5;/h7-13,21H,1-6H3,(H,27,28);1H2. The molecular weight excluding hydrogens is 398 g/mol. The maximum atomic E-state index is 13.1. The average Bonchev–Trinajstić information content (AvgIpc) is 2.64. The molecule has 1 atom stereocenters. The van der Waals surface area contributed by atoms with E-state index in [2.05, 4.69) is 0 Å². The summed E-state index contributed by atoms with van der Waals surface area (Å²) >= 11 is 0. The van der Waals surface area contributed by atoms with Gasteiger partial charge in [0.2, 0.25) is 0 Å². The molecule has 2 aromatic carbocycles. The second-order valence-corrected chi connectivity index (χ2v) is 8.42. The predicted octanol–water partition coefficient (Wildman–Crippen LogP) is 4.88. The van der Waals surface area contributed by atoms with Crippen LogP contribution in [0.15, 0.2) is 47.3 Å². The molecule has 0 bridgehead atoms. The zero-order valence-electron chi connectivity index (χ0n) is 18.2. The number of fused-ring (bicyclic) bond motifs is 1. The van der Waals surface area contributed by atoms with Gasteiger partial charge < -0.3 is 14.4 Å². The number of aliphatic carboxylic acids is 1. The zero-order valence-corrected chi connectivity index (χ0v) is 19.2. The summed E-state index contributed by atoms with van der Waals surface area (Å²) in [5, 5.41) is 11.3. The number of benzene rings is 2. The number of carboxylic acids is 1. The summed E-state index contributed by atoms with van der Waals surface area (Å²) in [6.07, 6.45) is -1.28. The summed E-state index contributed by atoms with van der Waals surface area (Å²) in [5.74, 6) is -1.13. The van der Waals surface area contributed by atoms with E-state index in [9.17, 15) is 14.7 Å². The number of ether oxygens (including phenoxy) is 1. The molecule has 0 fully saturated rings. The predicted molar refractivity (Wildman–Crippen MR) is 126 cm³/mol. The SMILES string of the molecule is Cc1ccc(-c2c(C(OC(C)(C)C)C(=O)O)n(C)c(=O)c3ccccc23)cc1C.S. The first-order valence-electron chi connectivity index (χ1n) is 9.61. The maximum absolute atomic E-state index is 13.1. The summed E-state index contributed by atoms with van der Waals surface area (Å²) < 4.78 is 7.34. The van der Waals surface area contributed by atoms with Crippen molar-refractivity contribution in [3.63, 3.8) is 0 Å². The van der Waals surface area contributed by atoms with Gasteiger partial charge in [-0.25, -0.2) is 4.79 Å². The van der Waals surface area contributed by atoms with Crippen molar-refractivity contribution in [3.8, 4) is 11.1 Å². The maximum Gasteiger partial charge on any atom is 0.339 e. The van der Waals surface area contributed by atoms with E-state index in [1.807, 2.05) is 50.2 Å². The van der Waals surface area contributed by atoms with E-state index in [0.29, 0.717) is 16.6 Å². The molecule has 160 valence electrons. The van der Waals surface area contributed by atoms with E-state index < -0.39 is 17.7 Å². The van der Waals surface area contributed by atoms with Crippen LogP contribution in [-0.2, 0) is 16.6 Å². The number of nitrogens with zero attached hydrogens (tertiary/aromatic N) is 1. The number of aryl methyl sites for hydroxylation is 2. The molecule has 0 spiro atoms. The van der Waals surface area contributed by atoms with Crippen molar-refractivity contribution < 1.29 is 14.6 Å². The second-order valence-electron chi connectivity index (χ2n) is 8.42. The number of hydrogen-bond acceptors (Lipinski definition) is 3. The molecule has 1 aromatic heterocycles. The molecular formula is C24H29NO4S. The monoisotopic (exact) mass is 427 g/mol. The minimum atomic E-state index is -1.28. The first kappa shape index (κ1) is 23.7. The summed E-state index contributed by atoms with van der Waals surface area (Å²) in [6, 6.07) is 13.3. The fourth-order valence-electron chi connectivity index (χ4n) is 3.57. The molecule has 0 aliphatic rings. The molecule has 5 nitrogen and oxygen atoms in total. The Hall–Kier alpha value is -2.57. The van der Waals surface area contributed by atoms with Crippen LogP contribution in [0, 0.1) is 13.8 Å². The van der Waals surface area contributed by atoms with Crippen molar-refractivity contribution in [1.82, 2.24) is 4.57 Å².